The number of hydrogen-bond donors (Lipinski definition) is 0. The van der Waals surface area contributed by atoms with Gasteiger partial charge in [-0.2, -0.15) is 0 Å². The van der Waals surface area contributed by atoms with Gasteiger partial charge in [-0.15, -0.1) is 0 Å². The number of rotatable bonds is 10. The number of nitrogens with zero attached hydrogens (tertiary/aromatic N) is 5. The molecule has 112 heavy (non-hydrogen) atoms. The molecule has 10 heteroatoms. The summed E-state index contributed by atoms with van der Waals surface area (Å²) >= 11 is 1.96. The molecule has 22 rings (SSSR count). The van der Waals surface area contributed by atoms with Crippen molar-refractivity contribution in [1.82, 2.24) is 4.57 Å². The van der Waals surface area contributed by atoms with Crippen LogP contribution in [-0.2, 0) is 48.3 Å². The van der Waals surface area contributed by atoms with Crippen molar-refractivity contribution in [1.29, 1.82) is 0 Å². The third kappa shape index (κ3) is 10.4. The highest BCUT2D eigenvalue weighted by Gasteiger charge is 2.50. The third-order valence-electron chi connectivity index (χ3n) is 25.5. The fraction of sp³-hybridized carbons (Fsp3) is 0.196. The van der Waals surface area contributed by atoms with Gasteiger partial charge in [0.15, 0.2) is 0 Å². The normalized spacial score (nSPS) is 14.8. The number of para-hydroxylation sites is 3. The van der Waals surface area contributed by atoms with Crippen molar-refractivity contribution in [3.63, 3.8) is 0 Å². The number of fused-ring (bicyclic) bond motifs is 17. The van der Waals surface area contributed by atoms with Crippen LogP contribution in [-0.4, -0.2) is 18.0 Å². The standard InChI is InChI=1S/C102H87B2N5O2S/c1-100(2,3)67-56-88-94-89(57-67)108(96-78-39-18-22-45-91(78)110-98(96)103(94)80-54-52-73(61-86(80)106(88)69-32-10-9-11-33-69)107-84-41-20-16-37-76(84)77-38-17-21-42-85(77)107)71-34-24-27-63(55-71)62-102(7,8)66-47-49-70(50-48-66)105(82-43-25-30-64-28-12-14-35-74(64)82)72-51-53-81-87(60-72)109(83-44-26-31-65-29-13-15-36-75(65)83)90-58-68(101(4,5)6)59-93-95(90)104(81)99-97(112-93)79-40-19-23-46-92(79)111-99/h9-17,20-21,24-38,41-44,47-61H,18-19,22-23,39-40,45-46,62H2,1-8H3. The van der Waals surface area contributed by atoms with Crippen molar-refractivity contribution in [3.8, 4) is 5.69 Å². The molecule has 0 unspecified atom stereocenters. The van der Waals surface area contributed by atoms with Gasteiger partial charge in [-0.1, -0.05) is 231 Å². The first-order valence-electron chi connectivity index (χ1n) is 40.6. The lowest BCUT2D eigenvalue weighted by atomic mass is 9.35. The van der Waals surface area contributed by atoms with Crippen LogP contribution in [0, 0.1) is 0 Å². The van der Waals surface area contributed by atoms with E-state index in [1.165, 1.54) is 160 Å². The molecule has 13 aromatic carbocycles. The predicted octanol–water partition coefficient (Wildman–Crippen LogP) is 23.5. The highest BCUT2D eigenvalue weighted by molar-refractivity contribution is 8.00. The van der Waals surface area contributed by atoms with Crippen molar-refractivity contribution in [3.05, 3.63) is 318 Å². The molecule has 0 fully saturated rings. The molecule has 7 nitrogen and oxygen atoms in total. The van der Waals surface area contributed by atoms with Gasteiger partial charge in [-0.05, 0) is 225 Å². The summed E-state index contributed by atoms with van der Waals surface area (Å²) in [6, 6.07) is 104. The number of aromatic nitrogens is 1. The van der Waals surface area contributed by atoms with Gasteiger partial charge in [0.1, 0.15) is 11.5 Å². The third-order valence-corrected chi connectivity index (χ3v) is 26.8. The second-order valence-corrected chi connectivity index (χ2v) is 36.0. The van der Waals surface area contributed by atoms with Gasteiger partial charge in [0.25, 0.3) is 13.4 Å². The lowest BCUT2D eigenvalue weighted by Gasteiger charge is -2.44. The molecular formula is C102H87B2N5O2S. The van der Waals surface area contributed by atoms with Gasteiger partial charge < -0.3 is 33.0 Å². The molecule has 4 aliphatic heterocycles. The molecule has 2 aliphatic carbocycles. The molecule has 7 heterocycles. The quantitative estimate of drug-likeness (QED) is 0.126. The minimum absolute atomic E-state index is 0.0756. The van der Waals surface area contributed by atoms with Gasteiger partial charge in [0.05, 0.1) is 39.4 Å². The summed E-state index contributed by atoms with van der Waals surface area (Å²) in [6.45, 7) is 18.9. The molecule has 3 aromatic heterocycles. The summed E-state index contributed by atoms with van der Waals surface area (Å²) < 4.78 is 17.3. The van der Waals surface area contributed by atoms with Crippen LogP contribution in [0.15, 0.2) is 292 Å². The molecule has 0 spiro atoms. The Hall–Kier alpha value is -11.6. The van der Waals surface area contributed by atoms with Crippen molar-refractivity contribution >= 4 is 170 Å². The van der Waals surface area contributed by atoms with Gasteiger partial charge in [-0.25, -0.2) is 0 Å². The fourth-order valence-corrected chi connectivity index (χ4v) is 21.4. The van der Waals surface area contributed by atoms with Crippen LogP contribution in [0.25, 0.3) is 49.0 Å². The lowest BCUT2D eigenvalue weighted by Crippen LogP contribution is -2.61. The van der Waals surface area contributed by atoms with E-state index in [0.717, 1.165) is 103 Å². The van der Waals surface area contributed by atoms with Crippen LogP contribution in [0.5, 0.6) is 0 Å². The highest BCUT2D eigenvalue weighted by atomic mass is 32.2. The Labute approximate surface area is 661 Å². The van der Waals surface area contributed by atoms with E-state index >= 15 is 0 Å². The van der Waals surface area contributed by atoms with E-state index in [9.17, 15) is 0 Å². The molecule has 0 N–H and O–H groups in total. The van der Waals surface area contributed by atoms with Crippen LogP contribution in [0.1, 0.15) is 126 Å². The molecule has 0 saturated carbocycles. The van der Waals surface area contributed by atoms with E-state index in [4.69, 9.17) is 8.83 Å². The van der Waals surface area contributed by atoms with Gasteiger partial charge in [-0.3, -0.25) is 0 Å². The summed E-state index contributed by atoms with van der Waals surface area (Å²) in [7, 11) is 0. The summed E-state index contributed by atoms with van der Waals surface area (Å²) in [5.74, 6) is 2.33. The second kappa shape index (κ2) is 25.2. The largest absolute Gasteiger partial charge is 0.474 e. The maximum Gasteiger partial charge on any atom is 0.297 e. The molecular weight excluding hydrogens is 1380 g/mol. The first-order valence-corrected chi connectivity index (χ1v) is 41.4. The monoisotopic (exact) mass is 1470 g/mol. The Kier molecular flexibility index (Phi) is 15.2. The Balaban J connectivity index is 0.666. The van der Waals surface area contributed by atoms with Crippen LogP contribution in [0.2, 0.25) is 0 Å². The summed E-state index contributed by atoms with van der Waals surface area (Å²) in [6.07, 6.45) is 9.39. The van der Waals surface area contributed by atoms with Crippen molar-refractivity contribution in [2.45, 2.75) is 139 Å². The molecule has 0 saturated heterocycles. The summed E-state index contributed by atoms with van der Waals surface area (Å²) in [5.41, 5.74) is 32.2. The van der Waals surface area contributed by atoms with Gasteiger partial charge in [0, 0.05) is 112 Å². The van der Waals surface area contributed by atoms with E-state index in [0.29, 0.717) is 0 Å². The molecule has 0 amide bonds. The number of hydrogen-bond acceptors (Lipinski definition) is 7. The number of aryl methyl sites for hydroxylation is 2. The molecule has 0 radical (unpaired) electrons. The molecule has 0 bridgehead atoms. The number of anilines is 12. The van der Waals surface area contributed by atoms with Crippen molar-refractivity contribution in [2.75, 3.05) is 19.6 Å². The molecule has 16 aromatic rings. The van der Waals surface area contributed by atoms with E-state index in [1.807, 2.05) is 11.8 Å². The zero-order chi connectivity index (χ0) is 75.2. The SMILES string of the molecule is CC(C)(C)c1cc2c3c(c1)N(c1cccc4ccccc14)c1cc(N(c4ccc(C(C)(C)Cc5cccc(N6c7cc(C(C)(C)C)cc8c7B(c7ccc(-n9c%10ccccc%10c%10ccccc%109)cc7N8c7ccccc7)c7oc8c(c76)CCCC8)c5)cc4)c4cccc5ccccc45)ccc1B3c1oc3c(c1S2)CCCC3. The average Bonchev–Trinajstić information content (AvgIpc) is 1.25. The fourth-order valence-electron chi connectivity index (χ4n) is 20.1. The lowest BCUT2D eigenvalue weighted by molar-refractivity contribution is 0.497. The zero-order valence-electron chi connectivity index (χ0n) is 65.0. The Morgan fingerprint density at radius 2 is 0.929 bits per heavy atom. The van der Waals surface area contributed by atoms with E-state index in [2.05, 4.69) is 353 Å². The zero-order valence-corrected chi connectivity index (χ0v) is 65.8. The highest BCUT2D eigenvalue weighted by Crippen LogP contribution is 2.53. The molecule has 6 aliphatic rings. The van der Waals surface area contributed by atoms with Crippen LogP contribution in [0.3, 0.4) is 0 Å². The molecule has 544 valence electrons. The minimum atomic E-state index is -0.275. The van der Waals surface area contributed by atoms with Crippen LogP contribution < -0.4 is 52.8 Å². The maximum atomic E-state index is 7.57. The first kappa shape index (κ1) is 67.3. The second-order valence-electron chi connectivity index (χ2n) is 34.9. The summed E-state index contributed by atoms with van der Waals surface area (Å²) in [4.78, 5) is 13.0. The Morgan fingerprint density at radius 3 is 1.65 bits per heavy atom. The van der Waals surface area contributed by atoms with Crippen LogP contribution >= 0.6 is 11.8 Å². The van der Waals surface area contributed by atoms with Crippen LogP contribution in [0.4, 0.5) is 68.2 Å². The van der Waals surface area contributed by atoms with Gasteiger partial charge in [0.2, 0.25) is 0 Å². The number of benzene rings is 13. The summed E-state index contributed by atoms with van der Waals surface area (Å²) in [5, 5.41) is 7.34. The van der Waals surface area contributed by atoms with Crippen molar-refractivity contribution < 1.29 is 8.83 Å². The van der Waals surface area contributed by atoms with E-state index in [1.54, 1.807) is 0 Å². The van der Waals surface area contributed by atoms with Gasteiger partial charge >= 0.3 is 0 Å². The minimum Gasteiger partial charge on any atom is -0.474 e. The number of furan rings is 2. The van der Waals surface area contributed by atoms with E-state index in [-0.39, 0.29) is 29.7 Å². The topological polar surface area (TPSA) is 44.2 Å². The Bertz CT molecular complexity index is 6520. The van der Waals surface area contributed by atoms with Crippen molar-refractivity contribution in [2.24, 2.45) is 0 Å². The predicted molar refractivity (Wildman–Crippen MR) is 473 cm³/mol. The average molecular weight is 1470 g/mol. The maximum absolute atomic E-state index is 7.57. The Morgan fingerprint density at radius 1 is 0.384 bits per heavy atom. The smallest absolute Gasteiger partial charge is 0.297 e. The van der Waals surface area contributed by atoms with E-state index < -0.39 is 0 Å². The first-order chi connectivity index (χ1) is 54.6. The molecule has 0 atom stereocenters.